The Labute approximate surface area is 142 Å². The Bertz CT molecular complexity index is 789. The van der Waals surface area contributed by atoms with Gasteiger partial charge >= 0.3 is 0 Å². The lowest BCUT2D eigenvalue weighted by Crippen LogP contribution is -2.13. The highest BCUT2D eigenvalue weighted by Crippen LogP contribution is 2.27. The molecule has 0 saturated heterocycles. The second kappa shape index (κ2) is 7.86. The van der Waals surface area contributed by atoms with E-state index in [9.17, 15) is 25.0 Å². The summed E-state index contributed by atoms with van der Waals surface area (Å²) in [5, 5.41) is 24.4. The minimum absolute atomic E-state index is 0.189. The molecule has 0 fully saturated rings. The van der Waals surface area contributed by atoms with Gasteiger partial charge in [-0.1, -0.05) is 19.1 Å². The first-order valence-electron chi connectivity index (χ1n) is 7.39. The number of carbonyl (C=O) groups excluding carboxylic acids is 1. The number of ether oxygens (including phenoxy) is 1. The van der Waals surface area contributed by atoms with E-state index in [1.807, 2.05) is 6.92 Å². The molecule has 2 aromatic rings. The predicted molar refractivity (Wildman–Crippen MR) is 89.9 cm³/mol. The van der Waals surface area contributed by atoms with Gasteiger partial charge in [0, 0.05) is 12.1 Å². The summed E-state index contributed by atoms with van der Waals surface area (Å²) in [6.45, 7) is 2.39. The van der Waals surface area contributed by atoms with Crippen molar-refractivity contribution in [2.24, 2.45) is 0 Å². The molecule has 0 radical (unpaired) electrons. The van der Waals surface area contributed by atoms with Crippen molar-refractivity contribution in [1.29, 1.82) is 0 Å². The normalized spacial score (nSPS) is 10.1. The number of hydrogen-bond donors (Lipinski definition) is 1. The van der Waals surface area contributed by atoms with Crippen LogP contribution in [0.25, 0.3) is 0 Å². The summed E-state index contributed by atoms with van der Waals surface area (Å²) in [6, 6.07) is 9.46. The Morgan fingerprint density at radius 2 is 1.68 bits per heavy atom. The van der Waals surface area contributed by atoms with E-state index < -0.39 is 27.1 Å². The van der Waals surface area contributed by atoms with E-state index in [1.54, 1.807) is 24.3 Å². The maximum atomic E-state index is 12.4. The lowest BCUT2D eigenvalue weighted by atomic mass is 10.1. The average molecular weight is 345 g/mol. The Balaban J connectivity index is 2.32. The second-order valence-corrected chi connectivity index (χ2v) is 5.05. The first-order chi connectivity index (χ1) is 11.9. The van der Waals surface area contributed by atoms with Crippen LogP contribution in [0.3, 0.4) is 0 Å². The molecule has 130 valence electrons. The second-order valence-electron chi connectivity index (χ2n) is 5.05. The summed E-state index contributed by atoms with van der Waals surface area (Å²) >= 11 is 0. The molecular formula is C16H15N3O6. The van der Waals surface area contributed by atoms with Crippen LogP contribution in [-0.2, 0) is 0 Å². The van der Waals surface area contributed by atoms with Crippen LogP contribution in [0.1, 0.15) is 23.7 Å². The highest BCUT2D eigenvalue weighted by molar-refractivity contribution is 6.05. The maximum absolute atomic E-state index is 12.4. The molecule has 1 N–H and O–H groups in total. The van der Waals surface area contributed by atoms with Gasteiger partial charge in [-0.25, -0.2) is 0 Å². The number of rotatable bonds is 7. The van der Waals surface area contributed by atoms with E-state index in [-0.39, 0.29) is 5.56 Å². The average Bonchev–Trinajstić information content (AvgIpc) is 2.60. The smallest absolute Gasteiger partial charge is 0.277 e. The Hall–Kier alpha value is -3.49. The van der Waals surface area contributed by atoms with Crippen molar-refractivity contribution in [3.8, 4) is 5.75 Å². The largest absolute Gasteiger partial charge is 0.491 e. The van der Waals surface area contributed by atoms with Crippen molar-refractivity contribution in [3.05, 3.63) is 68.3 Å². The Kier molecular flexibility index (Phi) is 5.62. The molecular weight excluding hydrogens is 330 g/mol. The number of carbonyl (C=O) groups is 1. The quantitative estimate of drug-likeness (QED) is 0.604. The molecule has 2 aromatic carbocycles. The summed E-state index contributed by atoms with van der Waals surface area (Å²) in [5.41, 5.74) is -0.883. The van der Waals surface area contributed by atoms with E-state index in [4.69, 9.17) is 4.74 Å². The monoisotopic (exact) mass is 345 g/mol. The van der Waals surface area contributed by atoms with Crippen molar-refractivity contribution >= 4 is 23.0 Å². The fourth-order valence-corrected chi connectivity index (χ4v) is 2.04. The third kappa shape index (κ3) is 4.50. The molecule has 0 heterocycles. The molecule has 0 atom stereocenters. The molecule has 0 saturated carbocycles. The summed E-state index contributed by atoms with van der Waals surface area (Å²) in [6.07, 6.45) is 0.777. The maximum Gasteiger partial charge on any atom is 0.277 e. The van der Waals surface area contributed by atoms with Crippen LogP contribution >= 0.6 is 0 Å². The molecule has 1 amide bonds. The van der Waals surface area contributed by atoms with Gasteiger partial charge in [0.2, 0.25) is 0 Å². The van der Waals surface area contributed by atoms with Crippen LogP contribution < -0.4 is 10.1 Å². The molecule has 0 aliphatic carbocycles. The van der Waals surface area contributed by atoms with Crippen molar-refractivity contribution in [1.82, 2.24) is 0 Å². The van der Waals surface area contributed by atoms with Crippen LogP contribution in [-0.4, -0.2) is 22.4 Å². The zero-order valence-electron chi connectivity index (χ0n) is 13.3. The van der Waals surface area contributed by atoms with E-state index >= 15 is 0 Å². The van der Waals surface area contributed by atoms with Gasteiger partial charge in [-0.3, -0.25) is 25.0 Å². The van der Waals surface area contributed by atoms with Gasteiger partial charge in [0.05, 0.1) is 33.8 Å². The van der Waals surface area contributed by atoms with Crippen LogP contribution in [0.4, 0.5) is 17.1 Å². The highest BCUT2D eigenvalue weighted by Gasteiger charge is 2.20. The van der Waals surface area contributed by atoms with E-state index in [2.05, 4.69) is 5.32 Å². The van der Waals surface area contributed by atoms with E-state index in [1.165, 1.54) is 0 Å². The summed E-state index contributed by atoms with van der Waals surface area (Å²) in [7, 11) is 0. The zero-order chi connectivity index (χ0) is 18.4. The number of non-ortho nitro benzene ring substituents is 2. The minimum atomic E-state index is -0.790. The van der Waals surface area contributed by atoms with E-state index in [0.717, 1.165) is 24.6 Å². The molecule has 25 heavy (non-hydrogen) atoms. The lowest BCUT2D eigenvalue weighted by molar-refractivity contribution is -0.394. The third-order valence-electron chi connectivity index (χ3n) is 3.18. The minimum Gasteiger partial charge on any atom is -0.491 e. The Morgan fingerprint density at radius 1 is 1.08 bits per heavy atom. The SMILES string of the molecule is CCCOc1ccccc1NC(=O)c1cc([N+](=O)[O-])cc([N+](=O)[O-])c1. The van der Waals surface area contributed by atoms with Crippen LogP contribution in [0.15, 0.2) is 42.5 Å². The number of nitro benzene ring substituents is 2. The lowest BCUT2D eigenvalue weighted by Gasteiger charge is -2.11. The third-order valence-corrected chi connectivity index (χ3v) is 3.18. The molecule has 9 heteroatoms. The first-order valence-corrected chi connectivity index (χ1v) is 7.39. The van der Waals surface area contributed by atoms with Crippen LogP contribution in [0.2, 0.25) is 0 Å². The van der Waals surface area contributed by atoms with Crippen molar-refractivity contribution in [2.75, 3.05) is 11.9 Å². The number of nitrogens with one attached hydrogen (secondary N) is 1. The standard InChI is InChI=1S/C16H15N3O6/c1-2-7-25-15-6-4-3-5-14(15)17-16(20)11-8-12(18(21)22)10-13(9-11)19(23)24/h3-6,8-10H,2,7H2,1H3,(H,17,20). The number of hydrogen-bond acceptors (Lipinski definition) is 6. The van der Waals surface area contributed by atoms with Crippen LogP contribution in [0.5, 0.6) is 5.75 Å². The van der Waals surface area contributed by atoms with E-state index in [0.29, 0.717) is 18.0 Å². The van der Waals surface area contributed by atoms with Gasteiger partial charge in [0.15, 0.2) is 0 Å². The van der Waals surface area contributed by atoms with Gasteiger partial charge in [-0.15, -0.1) is 0 Å². The molecule has 0 bridgehead atoms. The Morgan fingerprint density at radius 3 is 2.24 bits per heavy atom. The summed E-state index contributed by atoms with van der Waals surface area (Å²) < 4.78 is 5.52. The van der Waals surface area contributed by atoms with Crippen molar-refractivity contribution < 1.29 is 19.4 Å². The summed E-state index contributed by atoms with van der Waals surface area (Å²) in [4.78, 5) is 32.6. The molecule has 0 aliphatic rings. The number of nitrogens with zero attached hydrogens (tertiary/aromatic N) is 2. The molecule has 2 rings (SSSR count). The van der Waals surface area contributed by atoms with Crippen LogP contribution in [0, 0.1) is 20.2 Å². The number of nitro groups is 2. The molecule has 0 aromatic heterocycles. The molecule has 0 aliphatic heterocycles. The van der Waals surface area contributed by atoms with Gasteiger partial charge in [-0.2, -0.15) is 0 Å². The zero-order valence-corrected chi connectivity index (χ0v) is 13.3. The number of para-hydroxylation sites is 2. The fraction of sp³-hybridized carbons (Fsp3) is 0.188. The predicted octanol–water partition coefficient (Wildman–Crippen LogP) is 3.54. The molecule has 0 unspecified atom stereocenters. The first kappa shape index (κ1) is 17.9. The van der Waals surface area contributed by atoms with Gasteiger partial charge in [-0.05, 0) is 18.6 Å². The fourth-order valence-electron chi connectivity index (χ4n) is 2.04. The van der Waals surface area contributed by atoms with Gasteiger partial charge in [0.1, 0.15) is 5.75 Å². The van der Waals surface area contributed by atoms with Crippen molar-refractivity contribution in [2.45, 2.75) is 13.3 Å². The highest BCUT2D eigenvalue weighted by atomic mass is 16.6. The van der Waals surface area contributed by atoms with Crippen molar-refractivity contribution in [3.63, 3.8) is 0 Å². The van der Waals surface area contributed by atoms with Gasteiger partial charge < -0.3 is 10.1 Å². The van der Waals surface area contributed by atoms with Gasteiger partial charge in [0.25, 0.3) is 17.3 Å². The molecule has 9 nitrogen and oxygen atoms in total. The summed E-state index contributed by atoms with van der Waals surface area (Å²) in [5.74, 6) is -0.267. The number of anilines is 1. The number of benzene rings is 2. The number of amides is 1. The molecule has 0 spiro atoms. The topological polar surface area (TPSA) is 125 Å².